The summed E-state index contributed by atoms with van der Waals surface area (Å²) in [6.07, 6.45) is 2.17. The van der Waals surface area contributed by atoms with Gasteiger partial charge in [-0.3, -0.25) is 14.4 Å². The van der Waals surface area contributed by atoms with Crippen molar-refractivity contribution in [3.8, 4) is 0 Å². The molecule has 1 aliphatic heterocycles. The number of amides is 3. The average Bonchev–Trinajstić information content (AvgIpc) is 3.34. The van der Waals surface area contributed by atoms with Crippen molar-refractivity contribution < 1.29 is 14.4 Å². The summed E-state index contributed by atoms with van der Waals surface area (Å²) >= 11 is 0. The smallest absolute Gasteiger partial charge is 0.227 e. The Balaban J connectivity index is 1.43. The molecule has 0 unspecified atom stereocenters. The number of benzene rings is 1. The van der Waals surface area contributed by atoms with Gasteiger partial charge in [-0.2, -0.15) is 0 Å². The minimum Gasteiger partial charge on any atom is -0.354 e. The first-order valence-electron chi connectivity index (χ1n) is 8.06. The van der Waals surface area contributed by atoms with Gasteiger partial charge < -0.3 is 15.5 Å². The van der Waals surface area contributed by atoms with E-state index in [-0.39, 0.29) is 36.0 Å². The highest BCUT2D eigenvalue weighted by Gasteiger charge is 2.35. The zero-order valence-corrected chi connectivity index (χ0v) is 13.0. The van der Waals surface area contributed by atoms with E-state index in [2.05, 4.69) is 10.6 Å². The molecule has 6 heteroatoms. The number of hydrogen-bond donors (Lipinski definition) is 2. The van der Waals surface area contributed by atoms with E-state index < -0.39 is 0 Å². The summed E-state index contributed by atoms with van der Waals surface area (Å²) in [5.74, 6) is -0.235. The zero-order chi connectivity index (χ0) is 16.2. The molecule has 1 atom stereocenters. The number of nitrogens with zero attached hydrogens (tertiary/aromatic N) is 1. The first-order valence-corrected chi connectivity index (χ1v) is 8.06. The molecule has 1 saturated carbocycles. The topological polar surface area (TPSA) is 78.5 Å². The third kappa shape index (κ3) is 3.88. The van der Waals surface area contributed by atoms with Gasteiger partial charge in [-0.15, -0.1) is 0 Å². The number of hydrogen-bond acceptors (Lipinski definition) is 3. The molecule has 6 nitrogen and oxygen atoms in total. The Kier molecular flexibility index (Phi) is 4.60. The molecule has 0 bridgehead atoms. The van der Waals surface area contributed by atoms with Crippen LogP contribution >= 0.6 is 0 Å². The summed E-state index contributed by atoms with van der Waals surface area (Å²) in [6, 6.07) is 9.37. The number of nitrogens with one attached hydrogen (secondary N) is 2. The fourth-order valence-electron chi connectivity index (χ4n) is 2.75. The third-order valence-electron chi connectivity index (χ3n) is 4.24. The first kappa shape index (κ1) is 15.5. The summed E-state index contributed by atoms with van der Waals surface area (Å²) in [4.78, 5) is 37.4. The molecule has 122 valence electrons. The van der Waals surface area contributed by atoms with E-state index in [1.54, 1.807) is 4.90 Å². The predicted octanol–water partition coefficient (Wildman–Crippen LogP) is 0.682. The van der Waals surface area contributed by atoms with E-state index in [1.807, 2.05) is 30.3 Å². The van der Waals surface area contributed by atoms with Gasteiger partial charge in [0.05, 0.1) is 5.92 Å². The fourth-order valence-corrected chi connectivity index (χ4v) is 2.75. The van der Waals surface area contributed by atoms with Crippen LogP contribution in [0.25, 0.3) is 0 Å². The van der Waals surface area contributed by atoms with Gasteiger partial charge >= 0.3 is 0 Å². The van der Waals surface area contributed by atoms with Crippen LogP contribution in [0.1, 0.15) is 19.3 Å². The molecule has 2 N–H and O–H groups in total. The molecule has 1 aromatic carbocycles. The molecule has 1 heterocycles. The van der Waals surface area contributed by atoms with E-state index in [1.165, 1.54) is 0 Å². The normalized spacial score (nSPS) is 20.4. The highest BCUT2D eigenvalue weighted by atomic mass is 16.2. The maximum absolute atomic E-state index is 12.2. The molecule has 1 aliphatic carbocycles. The molecule has 0 aromatic heterocycles. The minimum absolute atomic E-state index is 0.0293. The quantitative estimate of drug-likeness (QED) is 0.758. The van der Waals surface area contributed by atoms with Crippen molar-refractivity contribution >= 4 is 23.4 Å². The predicted molar refractivity (Wildman–Crippen MR) is 85.6 cm³/mol. The highest BCUT2D eigenvalue weighted by molar-refractivity contribution is 6.00. The second kappa shape index (κ2) is 6.81. The Morgan fingerprint density at radius 3 is 2.22 bits per heavy atom. The largest absolute Gasteiger partial charge is 0.354 e. The Bertz CT molecular complexity index is 598. The van der Waals surface area contributed by atoms with Crippen molar-refractivity contribution in [3.05, 3.63) is 30.3 Å². The molecule has 2 aliphatic rings. The summed E-state index contributed by atoms with van der Waals surface area (Å²) in [6.45, 7) is 1.24. The maximum Gasteiger partial charge on any atom is 0.227 e. The van der Waals surface area contributed by atoms with E-state index in [9.17, 15) is 14.4 Å². The standard InChI is InChI=1S/C17H21N3O3/c21-15-10-13(11-20(15)14-4-2-1-3-5-14)17(23)19-9-8-18-16(22)12-6-7-12/h1-5,12-13H,6-11H2,(H,18,22)(H,19,23)/t13-/m0/s1. The van der Waals surface area contributed by atoms with Crippen LogP contribution in [0.3, 0.4) is 0 Å². The van der Waals surface area contributed by atoms with Crippen LogP contribution in [0.4, 0.5) is 5.69 Å². The molecule has 3 amide bonds. The van der Waals surface area contributed by atoms with Crippen molar-refractivity contribution in [1.82, 2.24) is 10.6 Å². The SMILES string of the molecule is O=C(NCCNC(=O)[C@H]1CC(=O)N(c2ccccc2)C1)C1CC1. The summed E-state index contributed by atoms with van der Waals surface area (Å²) < 4.78 is 0. The molecule has 3 rings (SSSR count). The second-order valence-electron chi connectivity index (χ2n) is 6.10. The van der Waals surface area contributed by atoms with Gasteiger partial charge in [-0.05, 0) is 25.0 Å². The summed E-state index contributed by atoms with van der Waals surface area (Å²) in [7, 11) is 0. The lowest BCUT2D eigenvalue weighted by Crippen LogP contribution is -2.38. The van der Waals surface area contributed by atoms with E-state index in [0.29, 0.717) is 19.6 Å². The number of carbonyl (C=O) groups is 3. The lowest BCUT2D eigenvalue weighted by atomic mass is 10.1. The van der Waals surface area contributed by atoms with Crippen molar-refractivity contribution in [2.75, 3.05) is 24.5 Å². The molecule has 0 radical (unpaired) electrons. The number of carbonyl (C=O) groups excluding carboxylic acids is 3. The van der Waals surface area contributed by atoms with Crippen molar-refractivity contribution in [2.45, 2.75) is 19.3 Å². The Hall–Kier alpha value is -2.37. The second-order valence-corrected chi connectivity index (χ2v) is 6.10. The highest BCUT2D eigenvalue weighted by Crippen LogP contribution is 2.28. The summed E-state index contributed by atoms with van der Waals surface area (Å²) in [5, 5.41) is 5.60. The number of rotatable bonds is 6. The third-order valence-corrected chi connectivity index (χ3v) is 4.24. The van der Waals surface area contributed by atoms with Gasteiger partial charge in [-0.25, -0.2) is 0 Å². The summed E-state index contributed by atoms with van der Waals surface area (Å²) in [5.41, 5.74) is 0.824. The van der Waals surface area contributed by atoms with Crippen molar-refractivity contribution in [3.63, 3.8) is 0 Å². The average molecular weight is 315 g/mol. The number of anilines is 1. The molecule has 2 fully saturated rings. The van der Waals surface area contributed by atoms with Crippen LogP contribution in [0, 0.1) is 11.8 Å². The molecule has 23 heavy (non-hydrogen) atoms. The van der Waals surface area contributed by atoms with Gasteiger partial charge in [-0.1, -0.05) is 18.2 Å². The van der Waals surface area contributed by atoms with Crippen LogP contribution < -0.4 is 15.5 Å². The first-order chi connectivity index (χ1) is 11.1. The van der Waals surface area contributed by atoms with Gasteiger partial charge in [0.15, 0.2) is 0 Å². The molecular formula is C17H21N3O3. The minimum atomic E-state index is -0.332. The van der Waals surface area contributed by atoms with Gasteiger partial charge in [0.1, 0.15) is 0 Å². The van der Waals surface area contributed by atoms with Crippen LogP contribution in [0.15, 0.2) is 30.3 Å². The van der Waals surface area contributed by atoms with E-state index >= 15 is 0 Å². The maximum atomic E-state index is 12.2. The fraction of sp³-hybridized carbons (Fsp3) is 0.471. The molecular weight excluding hydrogens is 294 g/mol. The number of para-hydroxylation sites is 1. The van der Waals surface area contributed by atoms with Crippen molar-refractivity contribution in [1.29, 1.82) is 0 Å². The molecule has 1 saturated heterocycles. The van der Waals surface area contributed by atoms with E-state index in [4.69, 9.17) is 0 Å². The lowest BCUT2D eigenvalue weighted by Gasteiger charge is -2.16. The van der Waals surface area contributed by atoms with Crippen LogP contribution in [0.5, 0.6) is 0 Å². The van der Waals surface area contributed by atoms with Crippen LogP contribution in [-0.2, 0) is 14.4 Å². The van der Waals surface area contributed by atoms with Gasteiger partial charge in [0.2, 0.25) is 17.7 Å². The lowest BCUT2D eigenvalue weighted by molar-refractivity contribution is -0.126. The molecule has 1 aromatic rings. The Labute approximate surface area is 135 Å². The monoisotopic (exact) mass is 315 g/mol. The van der Waals surface area contributed by atoms with Crippen LogP contribution in [0.2, 0.25) is 0 Å². The van der Waals surface area contributed by atoms with Gasteiger partial charge in [0, 0.05) is 37.7 Å². The Morgan fingerprint density at radius 1 is 1.00 bits per heavy atom. The van der Waals surface area contributed by atoms with Gasteiger partial charge in [0.25, 0.3) is 0 Å². The Morgan fingerprint density at radius 2 is 1.61 bits per heavy atom. The van der Waals surface area contributed by atoms with Crippen molar-refractivity contribution in [2.24, 2.45) is 11.8 Å². The van der Waals surface area contributed by atoms with Crippen LogP contribution in [-0.4, -0.2) is 37.4 Å². The molecule has 0 spiro atoms. The van der Waals surface area contributed by atoms with E-state index in [0.717, 1.165) is 18.5 Å². The zero-order valence-electron chi connectivity index (χ0n) is 13.0.